The number of methoxy groups -OCH3 is 1. The molecule has 2 fully saturated rings. The summed E-state index contributed by atoms with van der Waals surface area (Å²) in [5.41, 5.74) is 1.70. The number of nitrogens with one attached hydrogen (secondary N) is 2. The topological polar surface area (TPSA) is 127 Å². The smallest absolute Gasteiger partial charge is 0.264 e. The van der Waals surface area contributed by atoms with Crippen LogP contribution in [0, 0.1) is 5.92 Å². The van der Waals surface area contributed by atoms with Crippen LogP contribution < -0.4 is 29.3 Å². The fraction of sp³-hybridized carbons (Fsp3) is 0.333. The Labute approximate surface area is 245 Å². The predicted octanol–water partition coefficient (Wildman–Crippen LogP) is 3.72. The second kappa shape index (κ2) is 12.7. The highest BCUT2D eigenvalue weighted by molar-refractivity contribution is 7.93. The highest BCUT2D eigenvalue weighted by Gasteiger charge is 2.36. The Bertz CT molecular complexity index is 1560. The summed E-state index contributed by atoms with van der Waals surface area (Å²) in [5.74, 6) is -0.239. The molecule has 3 aromatic carbocycles. The minimum absolute atomic E-state index is 0.00266. The number of carbonyl (C=O) groups is 2. The molecule has 5 rings (SSSR count). The van der Waals surface area contributed by atoms with Crippen molar-refractivity contribution in [3.63, 3.8) is 0 Å². The summed E-state index contributed by atoms with van der Waals surface area (Å²) in [7, 11) is -2.64. The molecular formula is C30H34N4O7S. The highest BCUT2D eigenvalue weighted by Crippen LogP contribution is 2.35. The Balaban J connectivity index is 1.40. The molecule has 2 aliphatic rings. The van der Waals surface area contributed by atoms with E-state index < -0.39 is 15.9 Å². The van der Waals surface area contributed by atoms with Gasteiger partial charge in [-0.25, -0.2) is 8.42 Å². The van der Waals surface area contributed by atoms with Crippen LogP contribution in [0.15, 0.2) is 71.6 Å². The van der Waals surface area contributed by atoms with Crippen LogP contribution in [-0.2, 0) is 24.3 Å². The first-order valence-electron chi connectivity index (χ1n) is 13.8. The minimum atomic E-state index is -4.11. The number of hydrogen-bond donors (Lipinski definition) is 2. The molecule has 222 valence electrons. The van der Waals surface area contributed by atoms with Crippen LogP contribution in [0.4, 0.5) is 22.7 Å². The van der Waals surface area contributed by atoms with Crippen molar-refractivity contribution in [2.45, 2.75) is 18.2 Å². The monoisotopic (exact) mass is 594 g/mol. The molecule has 2 heterocycles. The molecule has 0 aliphatic carbocycles. The quantitative estimate of drug-likeness (QED) is 0.364. The standard InChI is InChI=1S/C30H34N4O7S/c1-3-41-27-11-7-5-9-24(27)34-20-21(18-29(34)35)30(36)31-22-12-13-25(33-14-16-40-17-15-33)28(19-22)42(37,38)32-23-8-4-6-10-26(23)39-2/h4-13,19,21,32H,3,14-18,20H2,1-2H3,(H,31,36)/t21-/m1/s1. The van der Waals surface area contributed by atoms with Crippen LogP contribution in [0.25, 0.3) is 0 Å². The van der Waals surface area contributed by atoms with Gasteiger partial charge >= 0.3 is 0 Å². The fourth-order valence-corrected chi connectivity index (χ4v) is 6.44. The summed E-state index contributed by atoms with van der Waals surface area (Å²) in [4.78, 5) is 29.7. The number of sulfonamides is 1. The first kappa shape index (κ1) is 29.2. The van der Waals surface area contributed by atoms with Crippen LogP contribution in [0.1, 0.15) is 13.3 Å². The molecule has 12 heteroatoms. The molecule has 1 atom stereocenters. The normalized spacial score (nSPS) is 17.2. The number of para-hydroxylation sites is 4. The zero-order chi connectivity index (χ0) is 29.7. The highest BCUT2D eigenvalue weighted by atomic mass is 32.2. The van der Waals surface area contributed by atoms with E-state index in [1.807, 2.05) is 24.0 Å². The minimum Gasteiger partial charge on any atom is -0.495 e. The molecule has 2 amide bonds. The molecule has 0 bridgehead atoms. The summed E-state index contributed by atoms with van der Waals surface area (Å²) in [5, 5.41) is 2.84. The van der Waals surface area contributed by atoms with Gasteiger partial charge in [-0.3, -0.25) is 14.3 Å². The molecule has 0 saturated carbocycles. The molecular weight excluding hydrogens is 560 g/mol. The third-order valence-electron chi connectivity index (χ3n) is 7.17. The largest absolute Gasteiger partial charge is 0.495 e. The molecule has 2 saturated heterocycles. The number of nitrogens with zero attached hydrogens (tertiary/aromatic N) is 2. The van der Waals surface area contributed by atoms with Crippen molar-refractivity contribution < 1.29 is 32.2 Å². The van der Waals surface area contributed by atoms with Crippen molar-refractivity contribution in [3.8, 4) is 11.5 Å². The number of benzene rings is 3. The SMILES string of the molecule is CCOc1ccccc1N1C[C@H](C(=O)Nc2ccc(N3CCOCC3)c(S(=O)(=O)Nc3ccccc3OC)c2)CC1=O. The van der Waals surface area contributed by atoms with Crippen molar-refractivity contribution in [1.29, 1.82) is 0 Å². The van der Waals surface area contributed by atoms with E-state index in [-0.39, 0.29) is 29.7 Å². The van der Waals surface area contributed by atoms with Gasteiger partial charge in [-0.2, -0.15) is 0 Å². The predicted molar refractivity (Wildman–Crippen MR) is 160 cm³/mol. The number of morpholine rings is 1. The molecule has 3 aromatic rings. The van der Waals surface area contributed by atoms with Gasteiger partial charge in [-0.1, -0.05) is 24.3 Å². The van der Waals surface area contributed by atoms with E-state index in [9.17, 15) is 18.0 Å². The van der Waals surface area contributed by atoms with Crippen molar-refractivity contribution in [1.82, 2.24) is 0 Å². The van der Waals surface area contributed by atoms with Gasteiger partial charge in [0.1, 0.15) is 16.4 Å². The molecule has 11 nitrogen and oxygen atoms in total. The van der Waals surface area contributed by atoms with E-state index in [0.29, 0.717) is 67.2 Å². The zero-order valence-electron chi connectivity index (χ0n) is 23.5. The molecule has 2 aliphatic heterocycles. The van der Waals surface area contributed by atoms with E-state index in [1.54, 1.807) is 53.4 Å². The molecule has 0 unspecified atom stereocenters. The number of rotatable bonds is 10. The Kier molecular flexibility index (Phi) is 8.83. The summed E-state index contributed by atoms with van der Waals surface area (Å²) in [6, 6.07) is 18.7. The maximum absolute atomic E-state index is 13.8. The fourth-order valence-electron chi connectivity index (χ4n) is 5.12. The maximum atomic E-state index is 13.8. The average molecular weight is 595 g/mol. The molecule has 42 heavy (non-hydrogen) atoms. The lowest BCUT2D eigenvalue weighted by atomic mass is 10.1. The number of ether oxygens (including phenoxy) is 3. The number of amides is 2. The lowest BCUT2D eigenvalue weighted by molar-refractivity contribution is -0.122. The molecule has 0 aromatic heterocycles. The van der Waals surface area contributed by atoms with Gasteiger partial charge in [0.15, 0.2) is 0 Å². The second-order valence-corrected chi connectivity index (χ2v) is 11.5. The van der Waals surface area contributed by atoms with Gasteiger partial charge in [-0.05, 0) is 49.4 Å². The van der Waals surface area contributed by atoms with Gasteiger partial charge in [0, 0.05) is 31.7 Å². The van der Waals surface area contributed by atoms with Crippen molar-refractivity contribution >= 4 is 44.6 Å². The zero-order valence-corrected chi connectivity index (χ0v) is 24.4. The van der Waals surface area contributed by atoms with Gasteiger partial charge in [0.2, 0.25) is 11.8 Å². The van der Waals surface area contributed by atoms with Crippen molar-refractivity contribution in [2.24, 2.45) is 5.92 Å². The Hall–Kier alpha value is -4.29. The van der Waals surface area contributed by atoms with E-state index in [4.69, 9.17) is 14.2 Å². The maximum Gasteiger partial charge on any atom is 0.264 e. The van der Waals surface area contributed by atoms with E-state index in [1.165, 1.54) is 13.2 Å². The van der Waals surface area contributed by atoms with Gasteiger partial charge in [0.25, 0.3) is 10.0 Å². The summed E-state index contributed by atoms with van der Waals surface area (Å²) < 4.78 is 46.6. The van der Waals surface area contributed by atoms with Crippen LogP contribution in [0.2, 0.25) is 0 Å². The van der Waals surface area contributed by atoms with Crippen LogP contribution in [0.5, 0.6) is 11.5 Å². The second-order valence-electron chi connectivity index (χ2n) is 9.88. The van der Waals surface area contributed by atoms with Gasteiger partial charge in [0.05, 0.1) is 49.9 Å². The third-order valence-corrected chi connectivity index (χ3v) is 8.57. The molecule has 0 spiro atoms. The summed E-state index contributed by atoms with van der Waals surface area (Å²) >= 11 is 0. The molecule has 0 radical (unpaired) electrons. The third kappa shape index (κ3) is 6.29. The summed E-state index contributed by atoms with van der Waals surface area (Å²) in [6.07, 6.45) is 0.0265. The van der Waals surface area contributed by atoms with E-state index in [2.05, 4.69) is 10.0 Å². The van der Waals surface area contributed by atoms with Gasteiger partial charge < -0.3 is 29.3 Å². The van der Waals surface area contributed by atoms with Crippen LogP contribution in [-0.4, -0.2) is 66.8 Å². The first-order chi connectivity index (χ1) is 20.3. The van der Waals surface area contributed by atoms with Gasteiger partial charge in [-0.15, -0.1) is 0 Å². The van der Waals surface area contributed by atoms with Crippen molar-refractivity contribution in [3.05, 3.63) is 66.7 Å². The van der Waals surface area contributed by atoms with Crippen LogP contribution >= 0.6 is 0 Å². The number of carbonyl (C=O) groups excluding carboxylic acids is 2. The Morgan fingerprint density at radius 1 is 1.00 bits per heavy atom. The number of anilines is 4. The van der Waals surface area contributed by atoms with E-state index >= 15 is 0 Å². The lowest BCUT2D eigenvalue weighted by Gasteiger charge is -2.30. The summed E-state index contributed by atoms with van der Waals surface area (Å²) in [6.45, 7) is 4.47. The lowest BCUT2D eigenvalue weighted by Crippen LogP contribution is -2.37. The average Bonchev–Trinajstić information content (AvgIpc) is 3.39. The Morgan fingerprint density at radius 2 is 1.71 bits per heavy atom. The van der Waals surface area contributed by atoms with E-state index in [0.717, 1.165) is 0 Å². The molecule has 2 N–H and O–H groups in total. The Morgan fingerprint density at radius 3 is 2.45 bits per heavy atom. The van der Waals surface area contributed by atoms with Crippen LogP contribution in [0.3, 0.4) is 0 Å². The number of hydrogen-bond acceptors (Lipinski definition) is 8. The first-order valence-corrected chi connectivity index (χ1v) is 15.2. The van der Waals surface area contributed by atoms with Crippen molar-refractivity contribution in [2.75, 3.05) is 66.4 Å².